The topological polar surface area (TPSA) is 109 Å². The van der Waals surface area contributed by atoms with E-state index in [4.69, 9.17) is 19.3 Å². The number of nitrogens with zero attached hydrogens (tertiary/aromatic N) is 2. The molecule has 1 fully saturated rings. The van der Waals surface area contributed by atoms with E-state index >= 15 is 0 Å². The van der Waals surface area contributed by atoms with Crippen LogP contribution in [0.5, 0.6) is 17.2 Å². The molecule has 9 heteroatoms. The van der Waals surface area contributed by atoms with E-state index < -0.39 is 5.97 Å². The number of hydrogen-bond acceptors (Lipinski definition) is 6. The third-order valence-corrected chi connectivity index (χ3v) is 6.21. The number of hydrogen-bond donors (Lipinski definition) is 2. The maximum absolute atomic E-state index is 13.5. The Morgan fingerprint density at radius 3 is 2.47 bits per heavy atom. The molecule has 0 aromatic heterocycles. The monoisotopic (exact) mass is 500 g/mol. The molecule has 2 aromatic carbocycles. The van der Waals surface area contributed by atoms with Gasteiger partial charge in [-0.1, -0.05) is 31.9 Å². The first-order valence-corrected chi connectivity index (χ1v) is 12.3. The summed E-state index contributed by atoms with van der Waals surface area (Å²) in [6, 6.07) is 10.4. The largest absolute Gasteiger partial charge is 0.496 e. The molecule has 0 bridgehead atoms. The molecule has 1 saturated heterocycles. The smallest absolute Gasteiger partial charge is 0.324 e. The fourth-order valence-electron chi connectivity index (χ4n) is 4.31. The summed E-state index contributed by atoms with van der Waals surface area (Å²) in [7, 11) is 3.10. The predicted molar refractivity (Wildman–Crippen MR) is 136 cm³/mol. The molecule has 9 nitrogen and oxygen atoms in total. The summed E-state index contributed by atoms with van der Waals surface area (Å²) < 4.78 is 16.9. The SMILES string of the molecule is CCCCCOc1cc(N2CC(CO)CN(Cc3ccc(CC(=O)O)cc3OC)C2=O)ccc1OC. The van der Waals surface area contributed by atoms with E-state index in [9.17, 15) is 14.7 Å². The van der Waals surface area contributed by atoms with Gasteiger partial charge in [0.05, 0.1) is 33.8 Å². The van der Waals surface area contributed by atoms with Crippen LogP contribution < -0.4 is 19.1 Å². The molecule has 0 radical (unpaired) electrons. The number of rotatable bonds is 13. The van der Waals surface area contributed by atoms with Crippen LogP contribution in [0.2, 0.25) is 0 Å². The third-order valence-electron chi connectivity index (χ3n) is 6.21. The molecule has 2 aromatic rings. The van der Waals surface area contributed by atoms with Crippen LogP contribution >= 0.6 is 0 Å². The lowest BCUT2D eigenvalue weighted by molar-refractivity contribution is -0.136. The summed E-state index contributed by atoms with van der Waals surface area (Å²) in [5, 5.41) is 19.0. The molecule has 1 heterocycles. The molecule has 1 atom stereocenters. The van der Waals surface area contributed by atoms with E-state index in [1.54, 1.807) is 41.2 Å². The lowest BCUT2D eigenvalue weighted by atomic mass is 10.0. The van der Waals surface area contributed by atoms with Crippen molar-refractivity contribution in [1.82, 2.24) is 4.90 Å². The van der Waals surface area contributed by atoms with Gasteiger partial charge < -0.3 is 29.3 Å². The van der Waals surface area contributed by atoms with Gasteiger partial charge in [-0.3, -0.25) is 9.69 Å². The van der Waals surface area contributed by atoms with Crippen molar-refractivity contribution >= 4 is 17.7 Å². The normalized spacial score (nSPS) is 15.7. The minimum absolute atomic E-state index is 0.0640. The second-order valence-corrected chi connectivity index (χ2v) is 8.93. The predicted octanol–water partition coefficient (Wildman–Crippen LogP) is 3.95. The molecular weight excluding hydrogens is 464 g/mol. The van der Waals surface area contributed by atoms with E-state index in [1.165, 1.54) is 7.11 Å². The van der Waals surface area contributed by atoms with Gasteiger partial charge in [0.25, 0.3) is 0 Å². The number of ether oxygens (including phenoxy) is 3. The highest BCUT2D eigenvalue weighted by Gasteiger charge is 2.33. The number of aliphatic carboxylic acids is 1. The molecule has 0 saturated carbocycles. The number of urea groups is 1. The minimum Gasteiger partial charge on any atom is -0.496 e. The van der Waals surface area contributed by atoms with E-state index in [1.807, 2.05) is 12.1 Å². The van der Waals surface area contributed by atoms with Gasteiger partial charge in [0.15, 0.2) is 11.5 Å². The lowest BCUT2D eigenvalue weighted by Gasteiger charge is -2.40. The Hall–Kier alpha value is -3.46. The highest BCUT2D eigenvalue weighted by atomic mass is 16.5. The van der Waals surface area contributed by atoms with E-state index in [0.29, 0.717) is 48.2 Å². The lowest BCUT2D eigenvalue weighted by Crippen LogP contribution is -2.54. The Morgan fingerprint density at radius 2 is 1.81 bits per heavy atom. The van der Waals surface area contributed by atoms with Crippen molar-refractivity contribution in [2.24, 2.45) is 5.92 Å². The number of carbonyl (C=O) groups excluding carboxylic acids is 1. The number of unbranched alkanes of at least 4 members (excludes halogenated alkanes) is 2. The summed E-state index contributed by atoms with van der Waals surface area (Å²) in [4.78, 5) is 27.9. The molecule has 2 amide bonds. The Morgan fingerprint density at radius 1 is 1.03 bits per heavy atom. The highest BCUT2D eigenvalue weighted by Crippen LogP contribution is 2.34. The number of carbonyl (C=O) groups is 2. The molecule has 36 heavy (non-hydrogen) atoms. The maximum Gasteiger partial charge on any atom is 0.324 e. The Kier molecular flexibility index (Phi) is 9.81. The average Bonchev–Trinajstić information content (AvgIpc) is 2.88. The highest BCUT2D eigenvalue weighted by molar-refractivity contribution is 5.93. The first-order valence-electron chi connectivity index (χ1n) is 12.3. The fraction of sp³-hybridized carbons (Fsp3) is 0.481. The maximum atomic E-state index is 13.5. The average molecular weight is 501 g/mol. The van der Waals surface area contributed by atoms with E-state index in [0.717, 1.165) is 24.8 Å². The van der Waals surface area contributed by atoms with Crippen molar-refractivity contribution in [3.63, 3.8) is 0 Å². The van der Waals surface area contributed by atoms with Gasteiger partial charge in [-0.15, -0.1) is 0 Å². The van der Waals surface area contributed by atoms with Gasteiger partial charge in [-0.2, -0.15) is 0 Å². The number of carboxylic acids is 1. The molecular formula is C27H36N2O7. The first-order chi connectivity index (χ1) is 17.4. The molecule has 196 valence electrons. The van der Waals surface area contributed by atoms with Crippen LogP contribution in [0.3, 0.4) is 0 Å². The molecule has 1 unspecified atom stereocenters. The number of carboxylic acid groups (broad SMARTS) is 1. The van der Waals surface area contributed by atoms with Gasteiger partial charge in [-0.25, -0.2) is 4.79 Å². The Balaban J connectivity index is 1.83. The quantitative estimate of drug-likeness (QED) is 0.401. The summed E-state index contributed by atoms with van der Waals surface area (Å²) in [6.07, 6.45) is 2.98. The van der Waals surface area contributed by atoms with E-state index in [2.05, 4.69) is 6.92 Å². The zero-order valence-corrected chi connectivity index (χ0v) is 21.2. The number of amides is 2. The van der Waals surface area contributed by atoms with Crippen molar-refractivity contribution in [3.8, 4) is 17.2 Å². The zero-order chi connectivity index (χ0) is 26.1. The summed E-state index contributed by atoms with van der Waals surface area (Å²) in [5.74, 6) is 0.627. The van der Waals surface area contributed by atoms with Crippen LogP contribution in [0, 0.1) is 5.92 Å². The van der Waals surface area contributed by atoms with Crippen LogP contribution in [0.1, 0.15) is 37.3 Å². The van der Waals surface area contributed by atoms with Crippen LogP contribution in [0.4, 0.5) is 10.5 Å². The number of methoxy groups -OCH3 is 2. The summed E-state index contributed by atoms with van der Waals surface area (Å²) in [5.41, 5.74) is 2.04. The van der Waals surface area contributed by atoms with Crippen molar-refractivity contribution in [2.75, 3.05) is 45.4 Å². The van der Waals surface area contributed by atoms with Gasteiger partial charge >= 0.3 is 12.0 Å². The molecule has 3 rings (SSSR count). The molecule has 1 aliphatic heterocycles. The second kappa shape index (κ2) is 13.0. The van der Waals surface area contributed by atoms with E-state index in [-0.39, 0.29) is 31.5 Å². The van der Waals surface area contributed by atoms with Crippen LogP contribution in [-0.2, 0) is 17.8 Å². The molecule has 0 spiro atoms. The Bertz CT molecular complexity index is 1040. The van der Waals surface area contributed by atoms with Crippen molar-refractivity contribution < 1.29 is 34.0 Å². The Labute approximate surface area is 212 Å². The fourth-order valence-corrected chi connectivity index (χ4v) is 4.31. The molecule has 1 aliphatic rings. The third kappa shape index (κ3) is 6.81. The second-order valence-electron chi connectivity index (χ2n) is 8.93. The van der Waals surface area contributed by atoms with Crippen molar-refractivity contribution in [1.29, 1.82) is 0 Å². The first kappa shape index (κ1) is 27.1. The van der Waals surface area contributed by atoms with Crippen molar-refractivity contribution in [3.05, 3.63) is 47.5 Å². The van der Waals surface area contributed by atoms with Crippen LogP contribution in [0.25, 0.3) is 0 Å². The number of aliphatic hydroxyl groups is 1. The summed E-state index contributed by atoms with van der Waals surface area (Å²) in [6.45, 7) is 3.66. The zero-order valence-electron chi connectivity index (χ0n) is 21.2. The summed E-state index contributed by atoms with van der Waals surface area (Å²) >= 11 is 0. The standard InChI is InChI=1S/C27H36N2O7/c1-4-5-6-11-36-25-14-22(9-10-23(25)34-2)29-16-20(18-30)15-28(27(29)33)17-21-8-7-19(13-26(31)32)12-24(21)35-3/h7-10,12,14,20,30H,4-6,11,13,15-18H2,1-3H3,(H,31,32). The number of anilines is 1. The van der Waals surface area contributed by atoms with Gasteiger partial charge in [0.2, 0.25) is 0 Å². The van der Waals surface area contributed by atoms with Gasteiger partial charge in [-0.05, 0) is 30.2 Å². The van der Waals surface area contributed by atoms with Gasteiger partial charge in [0, 0.05) is 42.9 Å². The van der Waals surface area contributed by atoms with Crippen molar-refractivity contribution in [2.45, 2.75) is 39.2 Å². The number of aliphatic hydroxyl groups excluding tert-OH is 1. The number of benzene rings is 2. The minimum atomic E-state index is -0.925. The molecule has 0 aliphatic carbocycles. The van der Waals surface area contributed by atoms with Crippen LogP contribution in [-0.4, -0.2) is 67.6 Å². The molecule has 2 N–H and O–H groups in total. The van der Waals surface area contributed by atoms with Crippen LogP contribution in [0.15, 0.2) is 36.4 Å². The van der Waals surface area contributed by atoms with Gasteiger partial charge in [0.1, 0.15) is 5.75 Å².